The molecule has 2 aromatic rings. The van der Waals surface area contributed by atoms with Crippen LogP contribution >= 0.6 is 24.0 Å². The lowest BCUT2D eigenvalue weighted by molar-refractivity contribution is 0.321. The highest BCUT2D eigenvalue weighted by Crippen LogP contribution is 2.16. The van der Waals surface area contributed by atoms with Crippen LogP contribution in [0.5, 0.6) is 11.5 Å². The Labute approximate surface area is 166 Å². The van der Waals surface area contributed by atoms with E-state index in [0.29, 0.717) is 19.7 Å². The predicted molar refractivity (Wildman–Crippen MR) is 113 cm³/mol. The van der Waals surface area contributed by atoms with Gasteiger partial charge in [0.25, 0.3) is 0 Å². The van der Waals surface area contributed by atoms with E-state index in [1.165, 1.54) is 5.56 Å². The average molecular weight is 455 g/mol. The maximum atomic E-state index is 5.72. The van der Waals surface area contributed by atoms with Crippen molar-refractivity contribution in [3.05, 3.63) is 59.7 Å². The fraction of sp³-hybridized carbons (Fsp3) is 0.316. The molecule has 0 aliphatic heterocycles. The van der Waals surface area contributed by atoms with Crippen LogP contribution in [0.2, 0.25) is 0 Å². The molecule has 0 amide bonds. The van der Waals surface area contributed by atoms with Crippen molar-refractivity contribution in [1.29, 1.82) is 0 Å². The molecular weight excluding hydrogens is 429 g/mol. The minimum Gasteiger partial charge on any atom is -0.496 e. The first kappa shape index (κ1) is 21.1. The van der Waals surface area contributed by atoms with Gasteiger partial charge in [-0.1, -0.05) is 30.3 Å². The minimum absolute atomic E-state index is 0. The van der Waals surface area contributed by atoms with Crippen molar-refractivity contribution in [2.75, 3.05) is 27.3 Å². The number of rotatable bonds is 7. The highest BCUT2D eigenvalue weighted by molar-refractivity contribution is 14.0. The van der Waals surface area contributed by atoms with E-state index in [-0.39, 0.29) is 24.0 Å². The zero-order valence-corrected chi connectivity index (χ0v) is 17.2. The molecule has 5 nitrogen and oxygen atoms in total. The maximum absolute atomic E-state index is 5.72. The molecule has 25 heavy (non-hydrogen) atoms. The van der Waals surface area contributed by atoms with Gasteiger partial charge in [0.05, 0.1) is 13.7 Å². The van der Waals surface area contributed by atoms with Crippen LogP contribution in [0.3, 0.4) is 0 Å². The zero-order chi connectivity index (χ0) is 17.2. The number of ether oxygens (including phenoxy) is 2. The van der Waals surface area contributed by atoms with Gasteiger partial charge >= 0.3 is 0 Å². The molecular formula is C19H26IN3O2. The number of benzene rings is 2. The summed E-state index contributed by atoms with van der Waals surface area (Å²) in [5, 5.41) is 6.51. The summed E-state index contributed by atoms with van der Waals surface area (Å²) in [5.74, 6) is 2.48. The van der Waals surface area contributed by atoms with E-state index in [2.05, 4.69) is 28.6 Å². The third kappa shape index (κ3) is 7.21. The van der Waals surface area contributed by atoms with Crippen molar-refractivity contribution >= 4 is 29.9 Å². The van der Waals surface area contributed by atoms with Crippen LogP contribution in [0, 0.1) is 6.92 Å². The highest BCUT2D eigenvalue weighted by Gasteiger charge is 2.03. The van der Waals surface area contributed by atoms with Gasteiger partial charge in [-0.3, -0.25) is 4.99 Å². The second-order valence-corrected chi connectivity index (χ2v) is 5.33. The van der Waals surface area contributed by atoms with Crippen molar-refractivity contribution < 1.29 is 9.47 Å². The number of nitrogens with one attached hydrogen (secondary N) is 2. The molecule has 0 unspecified atom stereocenters. The van der Waals surface area contributed by atoms with Gasteiger partial charge < -0.3 is 20.1 Å². The Bertz CT molecular complexity index is 677. The molecule has 2 rings (SSSR count). The number of para-hydroxylation sites is 1. The molecule has 136 valence electrons. The molecule has 0 saturated carbocycles. The number of aliphatic imine (C=N–C) groups is 1. The van der Waals surface area contributed by atoms with Gasteiger partial charge in [0, 0.05) is 19.2 Å². The molecule has 0 spiro atoms. The Balaban J connectivity index is 0.00000312. The van der Waals surface area contributed by atoms with Gasteiger partial charge in [0.1, 0.15) is 18.1 Å². The summed E-state index contributed by atoms with van der Waals surface area (Å²) in [6.07, 6.45) is 0. The monoisotopic (exact) mass is 455 g/mol. The first-order valence-electron chi connectivity index (χ1n) is 7.99. The molecule has 0 fully saturated rings. The lowest BCUT2D eigenvalue weighted by atomic mass is 10.2. The zero-order valence-electron chi connectivity index (χ0n) is 14.9. The molecule has 6 heteroatoms. The van der Waals surface area contributed by atoms with Gasteiger partial charge in [-0.25, -0.2) is 0 Å². The topological polar surface area (TPSA) is 54.9 Å². The van der Waals surface area contributed by atoms with E-state index in [4.69, 9.17) is 9.47 Å². The van der Waals surface area contributed by atoms with E-state index in [1.54, 1.807) is 14.2 Å². The van der Waals surface area contributed by atoms with Crippen molar-refractivity contribution in [2.24, 2.45) is 4.99 Å². The van der Waals surface area contributed by atoms with Crippen LogP contribution in [0.15, 0.2) is 53.5 Å². The number of nitrogens with zero attached hydrogens (tertiary/aromatic N) is 1. The molecule has 0 saturated heterocycles. The third-order valence-electron chi connectivity index (χ3n) is 3.52. The van der Waals surface area contributed by atoms with Crippen molar-refractivity contribution in [3.63, 3.8) is 0 Å². The molecule has 0 radical (unpaired) electrons. The second kappa shape index (κ2) is 11.6. The van der Waals surface area contributed by atoms with E-state index >= 15 is 0 Å². The number of hydrogen-bond donors (Lipinski definition) is 2. The fourth-order valence-electron chi connectivity index (χ4n) is 2.29. The normalized spacial score (nSPS) is 10.6. The Morgan fingerprint density at radius 3 is 2.60 bits per heavy atom. The molecule has 0 heterocycles. The number of aryl methyl sites for hydroxylation is 1. The molecule has 0 aliphatic carbocycles. The first-order valence-corrected chi connectivity index (χ1v) is 7.99. The molecule has 0 aliphatic rings. The van der Waals surface area contributed by atoms with Crippen LogP contribution in [0.1, 0.15) is 11.1 Å². The molecule has 0 aromatic heterocycles. The average Bonchev–Trinajstić information content (AvgIpc) is 2.61. The molecule has 0 bridgehead atoms. The number of halogens is 1. The summed E-state index contributed by atoms with van der Waals surface area (Å²) in [4.78, 5) is 4.22. The summed E-state index contributed by atoms with van der Waals surface area (Å²) in [6, 6.07) is 15.9. The summed E-state index contributed by atoms with van der Waals surface area (Å²) >= 11 is 0. The van der Waals surface area contributed by atoms with Gasteiger partial charge in [0.15, 0.2) is 5.96 Å². The number of hydrogen-bond acceptors (Lipinski definition) is 3. The summed E-state index contributed by atoms with van der Waals surface area (Å²) in [6.45, 7) is 3.93. The molecule has 0 atom stereocenters. The summed E-state index contributed by atoms with van der Waals surface area (Å²) in [7, 11) is 3.42. The highest BCUT2D eigenvalue weighted by atomic mass is 127. The van der Waals surface area contributed by atoms with Crippen molar-refractivity contribution in [2.45, 2.75) is 13.5 Å². The van der Waals surface area contributed by atoms with Crippen molar-refractivity contribution in [1.82, 2.24) is 10.6 Å². The van der Waals surface area contributed by atoms with Crippen LogP contribution in [-0.4, -0.2) is 33.3 Å². The van der Waals surface area contributed by atoms with E-state index in [0.717, 1.165) is 23.0 Å². The molecule has 2 aromatic carbocycles. The van der Waals surface area contributed by atoms with Gasteiger partial charge in [-0.05, 0) is 30.7 Å². The SMILES string of the molecule is CN=C(NCCOc1cccc(C)c1)NCc1ccccc1OC.I. The van der Waals surface area contributed by atoms with Gasteiger partial charge in [0.2, 0.25) is 0 Å². The number of methoxy groups -OCH3 is 1. The Morgan fingerprint density at radius 2 is 1.88 bits per heavy atom. The molecule has 2 N–H and O–H groups in total. The van der Waals surface area contributed by atoms with E-state index in [1.807, 2.05) is 42.5 Å². The standard InChI is InChI=1S/C19H25N3O2.HI/c1-15-7-6-9-17(13-15)24-12-11-21-19(20-2)22-14-16-8-4-5-10-18(16)23-3;/h4-10,13H,11-12,14H2,1-3H3,(H2,20,21,22);1H. The Hall–Kier alpha value is -1.96. The fourth-order valence-corrected chi connectivity index (χ4v) is 2.29. The lowest BCUT2D eigenvalue weighted by Gasteiger charge is -2.14. The summed E-state index contributed by atoms with van der Waals surface area (Å²) < 4.78 is 11.1. The van der Waals surface area contributed by atoms with Crippen LogP contribution in [-0.2, 0) is 6.54 Å². The first-order chi connectivity index (χ1) is 11.7. The van der Waals surface area contributed by atoms with Gasteiger partial charge in [-0.2, -0.15) is 0 Å². The summed E-state index contributed by atoms with van der Waals surface area (Å²) in [5.41, 5.74) is 2.27. The largest absolute Gasteiger partial charge is 0.496 e. The maximum Gasteiger partial charge on any atom is 0.191 e. The third-order valence-corrected chi connectivity index (χ3v) is 3.52. The second-order valence-electron chi connectivity index (χ2n) is 5.33. The minimum atomic E-state index is 0. The van der Waals surface area contributed by atoms with Crippen molar-refractivity contribution in [3.8, 4) is 11.5 Å². The number of guanidine groups is 1. The predicted octanol–water partition coefficient (Wildman–Crippen LogP) is 3.37. The van der Waals surface area contributed by atoms with E-state index < -0.39 is 0 Å². The van der Waals surface area contributed by atoms with E-state index in [9.17, 15) is 0 Å². The van der Waals surface area contributed by atoms with Crippen LogP contribution in [0.4, 0.5) is 0 Å². The van der Waals surface area contributed by atoms with Crippen LogP contribution in [0.25, 0.3) is 0 Å². The Kier molecular flexibility index (Phi) is 9.76. The smallest absolute Gasteiger partial charge is 0.191 e. The lowest BCUT2D eigenvalue weighted by Crippen LogP contribution is -2.38. The quantitative estimate of drug-likeness (QED) is 0.291. The Morgan fingerprint density at radius 1 is 1.08 bits per heavy atom. The van der Waals surface area contributed by atoms with Crippen LogP contribution < -0.4 is 20.1 Å². The van der Waals surface area contributed by atoms with Gasteiger partial charge in [-0.15, -0.1) is 24.0 Å².